The zero-order valence-electron chi connectivity index (χ0n) is 12.6. The van der Waals surface area contributed by atoms with E-state index in [0.29, 0.717) is 18.0 Å². The van der Waals surface area contributed by atoms with Gasteiger partial charge in [-0.2, -0.15) is 5.10 Å². The molecule has 3 unspecified atom stereocenters. The van der Waals surface area contributed by atoms with Crippen LogP contribution in [0.5, 0.6) is 0 Å². The highest BCUT2D eigenvalue weighted by Gasteiger charge is 2.26. The van der Waals surface area contributed by atoms with Crippen LogP contribution in [0.1, 0.15) is 39.4 Å². The topological polar surface area (TPSA) is 46.0 Å². The van der Waals surface area contributed by atoms with Crippen molar-refractivity contribution in [2.45, 2.75) is 52.2 Å². The lowest BCUT2D eigenvalue weighted by Gasteiger charge is -2.30. The summed E-state index contributed by atoms with van der Waals surface area (Å²) in [5.41, 5.74) is 0. The number of hydrogen-bond acceptors (Lipinski definition) is 4. The van der Waals surface area contributed by atoms with Gasteiger partial charge in [0.1, 0.15) is 12.2 Å². The van der Waals surface area contributed by atoms with E-state index in [-0.39, 0.29) is 0 Å². The lowest BCUT2D eigenvalue weighted by Crippen LogP contribution is -2.43. The number of rotatable bonds is 4. The second-order valence-electron chi connectivity index (χ2n) is 5.81. The molecule has 1 aliphatic heterocycles. The molecule has 0 amide bonds. The fourth-order valence-electron chi connectivity index (χ4n) is 2.69. The monoisotopic (exact) mass is 265 g/mol. The van der Waals surface area contributed by atoms with Gasteiger partial charge in [-0.25, -0.2) is 4.98 Å². The lowest BCUT2D eigenvalue weighted by molar-refractivity contribution is 0.174. The van der Waals surface area contributed by atoms with Gasteiger partial charge in [-0.1, -0.05) is 20.3 Å². The molecule has 1 aliphatic rings. The van der Waals surface area contributed by atoms with E-state index in [0.717, 1.165) is 25.5 Å². The first-order valence-electron chi connectivity index (χ1n) is 7.42. The summed E-state index contributed by atoms with van der Waals surface area (Å²) >= 11 is 0. The van der Waals surface area contributed by atoms with Crippen molar-refractivity contribution in [3.05, 3.63) is 12.2 Å². The third kappa shape index (κ3) is 3.54. The molecule has 1 N–H and O–H groups in total. The van der Waals surface area contributed by atoms with Gasteiger partial charge in [0.2, 0.25) is 0 Å². The maximum absolute atomic E-state index is 4.35. The van der Waals surface area contributed by atoms with Crippen LogP contribution in [0.25, 0.3) is 0 Å². The Morgan fingerprint density at radius 3 is 2.95 bits per heavy atom. The Hall–Kier alpha value is -0.940. The average Bonchev–Trinajstić information content (AvgIpc) is 2.70. The molecule has 3 atom stereocenters. The van der Waals surface area contributed by atoms with Gasteiger partial charge in [-0.15, -0.1) is 0 Å². The molecule has 0 spiro atoms. The smallest absolute Gasteiger partial charge is 0.140 e. The van der Waals surface area contributed by atoms with Crippen LogP contribution in [0.3, 0.4) is 0 Å². The summed E-state index contributed by atoms with van der Waals surface area (Å²) in [7, 11) is 1.97. The summed E-state index contributed by atoms with van der Waals surface area (Å²) < 4.78 is 1.88. The number of aryl methyl sites for hydroxylation is 1. The van der Waals surface area contributed by atoms with Crippen LogP contribution in [0, 0.1) is 5.92 Å². The molecule has 2 rings (SSSR count). The SMILES string of the molecule is CCC(C)C1CN(Cc2ncnn2C)C(C)CCN1. The maximum atomic E-state index is 4.35. The Bertz CT molecular complexity index is 389. The van der Waals surface area contributed by atoms with Gasteiger partial charge in [-0.3, -0.25) is 9.58 Å². The van der Waals surface area contributed by atoms with Gasteiger partial charge in [-0.05, 0) is 25.8 Å². The molecule has 1 fully saturated rings. The Balaban J connectivity index is 2.05. The molecule has 108 valence electrons. The van der Waals surface area contributed by atoms with E-state index in [2.05, 4.69) is 41.1 Å². The van der Waals surface area contributed by atoms with Gasteiger partial charge in [0.05, 0.1) is 6.54 Å². The van der Waals surface area contributed by atoms with E-state index in [1.165, 1.54) is 12.8 Å². The Kier molecular flexibility index (Phi) is 4.93. The molecule has 1 saturated heterocycles. The van der Waals surface area contributed by atoms with Gasteiger partial charge >= 0.3 is 0 Å². The molecule has 0 aromatic carbocycles. The van der Waals surface area contributed by atoms with E-state index in [1.54, 1.807) is 6.33 Å². The third-order valence-corrected chi connectivity index (χ3v) is 4.50. The van der Waals surface area contributed by atoms with Crippen LogP contribution < -0.4 is 5.32 Å². The lowest BCUT2D eigenvalue weighted by atomic mass is 9.99. The molecule has 1 aromatic rings. The van der Waals surface area contributed by atoms with Crippen molar-refractivity contribution in [3.8, 4) is 0 Å². The highest BCUT2D eigenvalue weighted by Crippen LogP contribution is 2.17. The van der Waals surface area contributed by atoms with Crippen molar-refractivity contribution >= 4 is 0 Å². The normalized spacial score (nSPS) is 27.2. The van der Waals surface area contributed by atoms with Crippen LogP contribution in [-0.2, 0) is 13.6 Å². The minimum absolute atomic E-state index is 0.586. The molecule has 5 nitrogen and oxygen atoms in total. The summed E-state index contributed by atoms with van der Waals surface area (Å²) in [5.74, 6) is 1.77. The van der Waals surface area contributed by atoms with E-state index in [4.69, 9.17) is 0 Å². The molecule has 5 heteroatoms. The van der Waals surface area contributed by atoms with Gasteiger partial charge < -0.3 is 5.32 Å². The first kappa shape index (κ1) is 14.5. The van der Waals surface area contributed by atoms with Gasteiger partial charge in [0.25, 0.3) is 0 Å². The minimum Gasteiger partial charge on any atom is -0.312 e. The van der Waals surface area contributed by atoms with E-state index < -0.39 is 0 Å². The molecule has 1 aromatic heterocycles. The second-order valence-corrected chi connectivity index (χ2v) is 5.81. The zero-order valence-corrected chi connectivity index (χ0v) is 12.6. The molecule has 19 heavy (non-hydrogen) atoms. The first-order valence-corrected chi connectivity index (χ1v) is 7.42. The Morgan fingerprint density at radius 2 is 2.32 bits per heavy atom. The summed E-state index contributed by atoms with van der Waals surface area (Å²) in [5, 5.41) is 7.87. The van der Waals surface area contributed by atoms with Crippen LogP contribution in [0.15, 0.2) is 6.33 Å². The van der Waals surface area contributed by atoms with Crippen molar-refractivity contribution in [3.63, 3.8) is 0 Å². The quantitative estimate of drug-likeness (QED) is 0.894. The predicted molar refractivity (Wildman–Crippen MR) is 76.7 cm³/mol. The molecular formula is C14H27N5. The second kappa shape index (κ2) is 6.48. The Labute approximate surface area is 116 Å². The number of aromatic nitrogens is 3. The first-order chi connectivity index (χ1) is 9.11. The van der Waals surface area contributed by atoms with Crippen molar-refractivity contribution in [2.75, 3.05) is 13.1 Å². The van der Waals surface area contributed by atoms with Crippen LogP contribution >= 0.6 is 0 Å². The third-order valence-electron chi connectivity index (χ3n) is 4.50. The van der Waals surface area contributed by atoms with Gasteiger partial charge in [0.15, 0.2) is 0 Å². The van der Waals surface area contributed by atoms with Crippen molar-refractivity contribution in [1.29, 1.82) is 0 Å². The molecule has 0 bridgehead atoms. The van der Waals surface area contributed by atoms with Crippen molar-refractivity contribution in [2.24, 2.45) is 13.0 Å². The minimum atomic E-state index is 0.586. The standard InChI is InChI=1S/C14H27N5/c1-5-11(2)13-8-19(12(3)6-7-15-13)9-14-16-10-17-18(14)4/h10-13,15H,5-9H2,1-4H3. The maximum Gasteiger partial charge on any atom is 0.140 e. The molecule has 0 radical (unpaired) electrons. The van der Waals surface area contributed by atoms with E-state index >= 15 is 0 Å². The van der Waals surface area contributed by atoms with Gasteiger partial charge in [0, 0.05) is 25.7 Å². The highest BCUT2D eigenvalue weighted by atomic mass is 15.3. The van der Waals surface area contributed by atoms with Crippen molar-refractivity contribution < 1.29 is 0 Å². The largest absolute Gasteiger partial charge is 0.312 e. The molecular weight excluding hydrogens is 238 g/mol. The highest BCUT2D eigenvalue weighted by molar-refractivity contribution is 4.89. The molecule has 0 saturated carbocycles. The summed E-state index contributed by atoms with van der Waals surface area (Å²) in [6.07, 6.45) is 4.07. The van der Waals surface area contributed by atoms with Crippen molar-refractivity contribution in [1.82, 2.24) is 25.0 Å². The summed E-state index contributed by atoms with van der Waals surface area (Å²) in [6.45, 7) is 10.0. The van der Waals surface area contributed by atoms with Crippen LogP contribution in [-0.4, -0.2) is 44.8 Å². The fraction of sp³-hybridized carbons (Fsp3) is 0.857. The molecule has 2 heterocycles. The number of nitrogens with one attached hydrogen (secondary N) is 1. The predicted octanol–water partition coefficient (Wildman–Crippen LogP) is 1.41. The number of hydrogen-bond donors (Lipinski definition) is 1. The molecule has 0 aliphatic carbocycles. The Morgan fingerprint density at radius 1 is 1.53 bits per heavy atom. The van der Waals surface area contributed by atoms with Crippen LogP contribution in [0.2, 0.25) is 0 Å². The fourth-order valence-corrected chi connectivity index (χ4v) is 2.69. The summed E-state index contributed by atoms with van der Waals surface area (Å²) in [4.78, 5) is 6.90. The summed E-state index contributed by atoms with van der Waals surface area (Å²) in [6, 6.07) is 1.18. The van der Waals surface area contributed by atoms with E-state index in [9.17, 15) is 0 Å². The van der Waals surface area contributed by atoms with E-state index in [1.807, 2.05) is 11.7 Å². The number of nitrogens with zero attached hydrogens (tertiary/aromatic N) is 4. The zero-order chi connectivity index (χ0) is 13.8. The average molecular weight is 265 g/mol. The van der Waals surface area contributed by atoms with Crippen LogP contribution in [0.4, 0.5) is 0 Å².